The van der Waals surface area contributed by atoms with Crippen molar-refractivity contribution < 1.29 is 55.9 Å². The molecule has 0 radical (unpaired) electrons. The quantitative estimate of drug-likeness (QED) is 0.0832. The average Bonchev–Trinajstić information content (AvgIpc) is 1.73. The van der Waals surface area contributed by atoms with Crippen LogP contribution in [0.15, 0.2) is 72.8 Å². The second-order valence-electron chi connectivity index (χ2n) is 24.0. The van der Waals surface area contributed by atoms with E-state index in [0.717, 1.165) is 51.6 Å². The van der Waals surface area contributed by atoms with Crippen molar-refractivity contribution in [2.24, 2.45) is 0 Å². The van der Waals surface area contributed by atoms with Gasteiger partial charge in [0.05, 0.1) is 34.4 Å². The van der Waals surface area contributed by atoms with Crippen LogP contribution in [0.5, 0.6) is 23.5 Å². The number of ether oxygens (including phenoxy) is 3. The number of methoxy groups -OCH3 is 1. The number of phenols is 2. The molecular weight excluding hydrogens is 1130 g/mol. The highest BCUT2D eigenvalue weighted by molar-refractivity contribution is 6.05. The number of rotatable bonds is 11. The largest absolute Gasteiger partial charge is 0.508 e. The smallest absolute Gasteiger partial charge is 0.319 e. The molecule has 6 saturated heterocycles. The number of terminal acetylenes is 2. The summed E-state index contributed by atoms with van der Waals surface area (Å²) in [4.78, 5) is 26.9. The highest BCUT2D eigenvalue weighted by Gasteiger charge is 2.51. The summed E-state index contributed by atoms with van der Waals surface area (Å²) in [6, 6.07) is 17.7. The molecule has 6 aliphatic heterocycles. The molecule has 0 spiro atoms. The summed E-state index contributed by atoms with van der Waals surface area (Å²) in [6.45, 7) is 5.09. The SMILES string of the molecule is C#Cc1c(F)ccc2cc(O)cc(-c3ccc4c(N5CCC(O)CC5)nc(OCC56CCCN5CC(F)C6)nc4c3F)c12.C#Cc1c(F)ccc2cc(O)cc(-c3ccc4c(N5CCC(OC)CC5)nc(OCC56CCCN5CC(F)C6)nc4c3F)c12. The fraction of sp³-hybridized carbons (Fsp3) is 0.403. The maximum Gasteiger partial charge on any atom is 0.319 e. The Bertz CT molecular complexity index is 4110. The Kier molecular flexibility index (Phi) is 15.4. The lowest BCUT2D eigenvalue weighted by atomic mass is 9.93. The number of phenolic OH excluding ortho intramolecular Hbond substituents is 2. The molecule has 87 heavy (non-hydrogen) atoms. The van der Waals surface area contributed by atoms with Crippen LogP contribution in [0.1, 0.15) is 75.3 Å². The minimum absolute atomic E-state index is 0.00524. The van der Waals surface area contributed by atoms with E-state index in [1.807, 2.05) is 4.90 Å². The van der Waals surface area contributed by atoms with E-state index in [1.54, 1.807) is 31.4 Å². The molecule has 6 fully saturated rings. The molecule has 14 rings (SSSR count). The summed E-state index contributed by atoms with van der Waals surface area (Å²) in [6.07, 6.45) is 16.1. The van der Waals surface area contributed by atoms with Crippen LogP contribution in [-0.2, 0) is 4.74 Å². The third kappa shape index (κ3) is 10.6. The second kappa shape index (κ2) is 23.2. The van der Waals surface area contributed by atoms with Crippen molar-refractivity contribution >= 4 is 55.0 Å². The lowest BCUT2D eigenvalue weighted by Gasteiger charge is -2.33. The molecule has 4 unspecified atom stereocenters. The fourth-order valence-electron chi connectivity index (χ4n) is 14.5. The molecule has 3 N–H and O–H groups in total. The number of alkyl halides is 2. The van der Waals surface area contributed by atoms with Gasteiger partial charge in [0.2, 0.25) is 0 Å². The molecule has 6 aliphatic rings. The van der Waals surface area contributed by atoms with E-state index in [2.05, 4.69) is 36.5 Å². The molecular formula is C67H64F6N8O6. The minimum atomic E-state index is -0.924. The van der Waals surface area contributed by atoms with Gasteiger partial charge < -0.3 is 39.3 Å². The molecule has 8 aromatic rings. The number of aliphatic hydroxyl groups excluding tert-OH is 1. The highest BCUT2D eigenvalue weighted by atomic mass is 19.2. The van der Waals surface area contributed by atoms with E-state index in [-0.39, 0.29) is 87.3 Å². The number of aromatic nitrogens is 4. The summed E-state index contributed by atoms with van der Waals surface area (Å²) in [5, 5.41) is 33.6. The summed E-state index contributed by atoms with van der Waals surface area (Å²) in [5.41, 5.74) is -0.238. The van der Waals surface area contributed by atoms with Gasteiger partial charge in [-0.2, -0.15) is 19.9 Å². The minimum Gasteiger partial charge on any atom is -0.508 e. The normalized spacial score (nSPS) is 22.6. The molecule has 20 heteroatoms. The van der Waals surface area contributed by atoms with Gasteiger partial charge >= 0.3 is 12.0 Å². The number of aromatic hydroxyl groups is 2. The molecule has 6 aromatic carbocycles. The Morgan fingerprint density at radius 2 is 1.01 bits per heavy atom. The highest BCUT2D eigenvalue weighted by Crippen LogP contribution is 2.46. The fourth-order valence-corrected chi connectivity index (χ4v) is 14.5. The standard InChI is InChI=1S/C34H33F3N4O3.C33H31F3N4O3/c1-3-24-28(36)8-5-20-15-22(42)16-27(29(20)24)25-6-7-26-31(30(25)37)38-33(39-32(26)40-13-9-23(43-2)10-14-40)44-19-34-11-4-12-41(34)18-21(35)17-34;1-2-23-27(35)7-4-19-14-22(42)15-26(28(19)23)24-5-6-25-30(29(24)36)37-32(38-31(25)39-12-8-21(41)9-13-39)43-18-33-10-3-11-40(33)17-20(34)16-33/h1,5-8,15-16,21,23,42H,4,9-14,17-19H2,2H3;1,4-7,14-15,20-21,41-42H,3,8-13,16-18H2. The maximum atomic E-state index is 16.7. The number of halogens is 6. The van der Waals surface area contributed by atoms with Crippen LogP contribution in [0.2, 0.25) is 0 Å². The van der Waals surface area contributed by atoms with Gasteiger partial charge in [0.15, 0.2) is 11.6 Å². The van der Waals surface area contributed by atoms with Crippen LogP contribution in [0.4, 0.5) is 38.0 Å². The van der Waals surface area contributed by atoms with Crippen LogP contribution < -0.4 is 19.3 Å². The molecule has 8 heterocycles. The summed E-state index contributed by atoms with van der Waals surface area (Å²) in [5.74, 6) is 2.92. The van der Waals surface area contributed by atoms with E-state index in [9.17, 15) is 32.9 Å². The first kappa shape index (κ1) is 57.9. The van der Waals surface area contributed by atoms with E-state index < -0.39 is 52.8 Å². The third-order valence-corrected chi connectivity index (χ3v) is 18.8. The maximum absolute atomic E-state index is 16.7. The number of piperidine rings is 2. The number of fused-ring (bicyclic) bond motifs is 6. The van der Waals surface area contributed by atoms with Crippen molar-refractivity contribution in [1.82, 2.24) is 29.7 Å². The number of nitrogens with zero attached hydrogens (tertiary/aromatic N) is 8. The molecule has 450 valence electrons. The molecule has 0 saturated carbocycles. The molecule has 2 aromatic heterocycles. The third-order valence-electron chi connectivity index (χ3n) is 18.8. The Morgan fingerprint density at radius 1 is 0.575 bits per heavy atom. The van der Waals surface area contributed by atoms with Crippen molar-refractivity contribution in [2.45, 2.75) is 99.8 Å². The Balaban J connectivity index is 0.000000161. The first-order valence-electron chi connectivity index (χ1n) is 29.7. The Labute approximate surface area is 498 Å². The van der Waals surface area contributed by atoms with Crippen LogP contribution in [0.25, 0.3) is 65.6 Å². The number of hydrogen-bond donors (Lipinski definition) is 3. The molecule has 14 nitrogen and oxygen atoms in total. The number of aliphatic hydroxyl groups is 1. The predicted octanol–water partition coefficient (Wildman–Crippen LogP) is 11.3. The van der Waals surface area contributed by atoms with Gasteiger partial charge in [0, 0.05) is 91.9 Å². The Morgan fingerprint density at radius 3 is 1.44 bits per heavy atom. The molecule has 4 atom stereocenters. The first-order valence-corrected chi connectivity index (χ1v) is 29.7. The van der Waals surface area contributed by atoms with E-state index in [1.165, 1.54) is 48.5 Å². The van der Waals surface area contributed by atoms with Gasteiger partial charge in [-0.1, -0.05) is 36.1 Å². The number of benzene rings is 6. The molecule has 0 bridgehead atoms. The second-order valence-corrected chi connectivity index (χ2v) is 24.0. The van der Waals surface area contributed by atoms with Crippen molar-refractivity contribution in [3.8, 4) is 70.5 Å². The van der Waals surface area contributed by atoms with Gasteiger partial charge in [-0.25, -0.2) is 26.3 Å². The zero-order chi connectivity index (χ0) is 60.5. The van der Waals surface area contributed by atoms with Gasteiger partial charge in [-0.05, 0) is 135 Å². The molecule has 0 aliphatic carbocycles. The Hall–Kier alpha value is -8.14. The van der Waals surface area contributed by atoms with E-state index in [4.69, 9.17) is 37.0 Å². The van der Waals surface area contributed by atoms with Crippen molar-refractivity contribution in [1.29, 1.82) is 0 Å². The van der Waals surface area contributed by atoms with Gasteiger partial charge in [0.1, 0.15) is 71.4 Å². The van der Waals surface area contributed by atoms with Gasteiger partial charge in [-0.3, -0.25) is 9.80 Å². The average molecular weight is 1190 g/mol. The monoisotopic (exact) mass is 1190 g/mol. The lowest BCUT2D eigenvalue weighted by molar-refractivity contribution is 0.0817. The first-order chi connectivity index (χ1) is 42.1. The lowest BCUT2D eigenvalue weighted by Crippen LogP contribution is -2.43. The zero-order valence-electron chi connectivity index (χ0n) is 47.9. The van der Waals surface area contributed by atoms with E-state index in [0.29, 0.717) is 109 Å². The van der Waals surface area contributed by atoms with Crippen molar-refractivity contribution in [2.75, 3.05) is 82.5 Å². The van der Waals surface area contributed by atoms with Crippen molar-refractivity contribution in [3.05, 3.63) is 107 Å². The summed E-state index contributed by atoms with van der Waals surface area (Å²) in [7, 11) is 1.70. The predicted molar refractivity (Wildman–Crippen MR) is 321 cm³/mol. The number of hydrogen-bond acceptors (Lipinski definition) is 14. The zero-order valence-corrected chi connectivity index (χ0v) is 47.9. The van der Waals surface area contributed by atoms with Crippen LogP contribution in [0.3, 0.4) is 0 Å². The summed E-state index contributed by atoms with van der Waals surface area (Å²) >= 11 is 0. The van der Waals surface area contributed by atoms with Crippen molar-refractivity contribution in [3.63, 3.8) is 0 Å². The number of anilines is 2. The van der Waals surface area contributed by atoms with Crippen LogP contribution >= 0.6 is 0 Å². The summed E-state index contributed by atoms with van der Waals surface area (Å²) < 4.78 is 110. The van der Waals surface area contributed by atoms with Gasteiger partial charge in [-0.15, -0.1) is 12.8 Å². The van der Waals surface area contributed by atoms with Gasteiger partial charge in [0.25, 0.3) is 0 Å². The van der Waals surface area contributed by atoms with Crippen LogP contribution in [0, 0.1) is 48.0 Å². The van der Waals surface area contributed by atoms with Crippen LogP contribution in [-0.4, -0.2) is 153 Å². The molecule has 0 amide bonds. The van der Waals surface area contributed by atoms with E-state index >= 15 is 8.78 Å². The topological polar surface area (TPSA) is 153 Å².